The van der Waals surface area contributed by atoms with E-state index in [1.807, 2.05) is 19.1 Å². The molecule has 2 aromatic rings. The number of aryl methyl sites for hydroxylation is 2. The van der Waals surface area contributed by atoms with Crippen molar-refractivity contribution in [3.8, 4) is 11.5 Å². The number of rotatable bonds is 8. The highest BCUT2D eigenvalue weighted by Crippen LogP contribution is 2.33. The molecule has 0 aliphatic rings. The minimum atomic E-state index is -4.07. The molecule has 0 heterocycles. The number of hydrogen-bond acceptors (Lipinski definition) is 6. The van der Waals surface area contributed by atoms with Gasteiger partial charge in [-0.25, -0.2) is 8.42 Å². The lowest BCUT2D eigenvalue weighted by Gasteiger charge is -2.26. The largest absolute Gasteiger partial charge is 0.493 e. The predicted molar refractivity (Wildman–Crippen MR) is 107 cm³/mol. The van der Waals surface area contributed by atoms with E-state index in [2.05, 4.69) is 0 Å². The first kappa shape index (κ1) is 21.6. The molecule has 7 nitrogen and oxygen atoms in total. The van der Waals surface area contributed by atoms with Gasteiger partial charge in [0, 0.05) is 6.07 Å². The molecule has 0 fully saturated rings. The maximum absolute atomic E-state index is 13.4. The van der Waals surface area contributed by atoms with E-state index in [0.29, 0.717) is 11.4 Å². The number of esters is 1. The zero-order valence-corrected chi connectivity index (χ0v) is 17.5. The summed E-state index contributed by atoms with van der Waals surface area (Å²) < 4.78 is 43.3. The molecule has 0 aliphatic carbocycles. The first-order valence-corrected chi connectivity index (χ1v) is 10.2. The number of anilines is 1. The van der Waals surface area contributed by atoms with E-state index < -0.39 is 22.5 Å². The van der Waals surface area contributed by atoms with Crippen molar-refractivity contribution in [2.75, 3.05) is 31.7 Å². The van der Waals surface area contributed by atoms with Crippen molar-refractivity contribution in [2.45, 2.75) is 25.7 Å². The van der Waals surface area contributed by atoms with Crippen LogP contribution in [-0.4, -0.2) is 41.8 Å². The topological polar surface area (TPSA) is 82.1 Å². The van der Waals surface area contributed by atoms with Crippen molar-refractivity contribution in [1.29, 1.82) is 0 Å². The maximum Gasteiger partial charge on any atom is 0.326 e. The Morgan fingerprint density at radius 1 is 1.00 bits per heavy atom. The summed E-state index contributed by atoms with van der Waals surface area (Å²) in [6.07, 6.45) is 0. The minimum Gasteiger partial charge on any atom is -0.493 e. The van der Waals surface area contributed by atoms with E-state index in [1.165, 1.54) is 32.4 Å². The van der Waals surface area contributed by atoms with Crippen LogP contribution in [0.5, 0.6) is 11.5 Å². The molecule has 0 aromatic heterocycles. The second kappa shape index (κ2) is 8.97. The Balaban J connectivity index is 2.61. The molecular formula is C20H25NO6S. The van der Waals surface area contributed by atoms with Gasteiger partial charge in [0.2, 0.25) is 0 Å². The molecule has 0 saturated carbocycles. The molecule has 0 unspecified atom stereocenters. The summed E-state index contributed by atoms with van der Waals surface area (Å²) in [5, 5.41) is 0. The highest BCUT2D eigenvalue weighted by molar-refractivity contribution is 7.92. The van der Waals surface area contributed by atoms with E-state index >= 15 is 0 Å². The Morgan fingerprint density at radius 2 is 1.68 bits per heavy atom. The molecule has 0 atom stereocenters. The zero-order chi connectivity index (χ0) is 20.9. The van der Waals surface area contributed by atoms with Crippen LogP contribution in [0.2, 0.25) is 0 Å². The molecule has 0 N–H and O–H groups in total. The van der Waals surface area contributed by atoms with Crippen LogP contribution in [0.3, 0.4) is 0 Å². The quantitative estimate of drug-likeness (QED) is 0.626. The average molecular weight is 407 g/mol. The lowest BCUT2D eigenvalue weighted by Crippen LogP contribution is -2.37. The van der Waals surface area contributed by atoms with Gasteiger partial charge in [-0.2, -0.15) is 0 Å². The summed E-state index contributed by atoms with van der Waals surface area (Å²) in [6.45, 7) is 5.04. The van der Waals surface area contributed by atoms with E-state index in [0.717, 1.165) is 15.4 Å². The van der Waals surface area contributed by atoms with E-state index in [4.69, 9.17) is 14.2 Å². The number of nitrogens with zero attached hydrogens (tertiary/aromatic N) is 1. The molecule has 0 bridgehead atoms. The zero-order valence-electron chi connectivity index (χ0n) is 16.7. The standard InChI is InChI=1S/C20H25NO6S/c1-6-27-20(22)13-21(17-11-14(2)7-8-15(17)3)28(23,24)16-9-10-18(25-4)19(12-16)26-5/h7-12H,6,13H2,1-5H3. The highest BCUT2D eigenvalue weighted by atomic mass is 32.2. The first-order valence-electron chi connectivity index (χ1n) is 8.72. The van der Waals surface area contributed by atoms with E-state index in [9.17, 15) is 13.2 Å². The number of hydrogen-bond donors (Lipinski definition) is 0. The normalized spacial score (nSPS) is 11.0. The van der Waals surface area contributed by atoms with Crippen molar-refractivity contribution >= 4 is 21.7 Å². The van der Waals surface area contributed by atoms with Crippen LogP contribution >= 0.6 is 0 Å². The van der Waals surface area contributed by atoms with Crippen molar-refractivity contribution in [1.82, 2.24) is 0 Å². The van der Waals surface area contributed by atoms with E-state index in [-0.39, 0.29) is 17.3 Å². The van der Waals surface area contributed by atoms with Crippen LogP contribution in [0.1, 0.15) is 18.1 Å². The third-order valence-electron chi connectivity index (χ3n) is 4.15. The van der Waals surface area contributed by atoms with Crippen LogP contribution in [-0.2, 0) is 19.6 Å². The van der Waals surface area contributed by atoms with Crippen molar-refractivity contribution in [2.24, 2.45) is 0 Å². The third kappa shape index (κ3) is 4.56. The number of benzene rings is 2. The molecule has 0 saturated heterocycles. The third-order valence-corrected chi connectivity index (χ3v) is 5.91. The molecule has 0 amide bonds. The van der Waals surface area contributed by atoms with Gasteiger partial charge in [0.1, 0.15) is 6.54 Å². The Bertz CT molecular complexity index is 955. The van der Waals surface area contributed by atoms with Gasteiger partial charge in [-0.05, 0) is 50.1 Å². The van der Waals surface area contributed by atoms with Crippen LogP contribution in [0.4, 0.5) is 5.69 Å². The van der Waals surface area contributed by atoms with Crippen LogP contribution < -0.4 is 13.8 Å². The number of carbonyl (C=O) groups excluding carboxylic acids is 1. The van der Waals surface area contributed by atoms with Gasteiger partial charge in [0.25, 0.3) is 10.0 Å². The number of carbonyl (C=O) groups is 1. The smallest absolute Gasteiger partial charge is 0.326 e. The maximum atomic E-state index is 13.4. The van der Waals surface area contributed by atoms with Crippen molar-refractivity contribution in [3.05, 3.63) is 47.5 Å². The summed E-state index contributed by atoms with van der Waals surface area (Å²) >= 11 is 0. The molecule has 0 radical (unpaired) electrons. The van der Waals surface area contributed by atoms with Crippen molar-refractivity contribution in [3.63, 3.8) is 0 Å². The Morgan fingerprint density at radius 3 is 2.29 bits per heavy atom. The van der Waals surface area contributed by atoms with Gasteiger partial charge in [-0.15, -0.1) is 0 Å². The van der Waals surface area contributed by atoms with Gasteiger partial charge in [-0.3, -0.25) is 9.10 Å². The van der Waals surface area contributed by atoms with Gasteiger partial charge in [-0.1, -0.05) is 12.1 Å². The Hall–Kier alpha value is -2.74. The summed E-state index contributed by atoms with van der Waals surface area (Å²) in [5.41, 5.74) is 2.01. The fourth-order valence-electron chi connectivity index (χ4n) is 2.72. The van der Waals surface area contributed by atoms with Gasteiger partial charge >= 0.3 is 5.97 Å². The fourth-order valence-corrected chi connectivity index (χ4v) is 4.20. The van der Waals surface area contributed by atoms with Gasteiger partial charge < -0.3 is 14.2 Å². The van der Waals surface area contributed by atoms with Gasteiger partial charge in [0.15, 0.2) is 11.5 Å². The summed E-state index contributed by atoms with van der Waals surface area (Å²) in [7, 11) is -1.17. The number of methoxy groups -OCH3 is 2. The minimum absolute atomic E-state index is 0.0182. The monoisotopic (exact) mass is 407 g/mol. The molecule has 8 heteroatoms. The van der Waals surface area contributed by atoms with Crippen LogP contribution in [0.25, 0.3) is 0 Å². The lowest BCUT2D eigenvalue weighted by molar-refractivity contribution is -0.141. The molecule has 0 spiro atoms. The molecule has 28 heavy (non-hydrogen) atoms. The Labute approximate surface area is 165 Å². The number of ether oxygens (including phenoxy) is 3. The predicted octanol–water partition coefficient (Wildman–Crippen LogP) is 3.08. The summed E-state index contributed by atoms with van der Waals surface area (Å²) in [4.78, 5) is 12.1. The van der Waals surface area contributed by atoms with E-state index in [1.54, 1.807) is 19.9 Å². The number of sulfonamides is 1. The first-order chi connectivity index (χ1) is 13.2. The summed E-state index contributed by atoms with van der Waals surface area (Å²) in [5.74, 6) is 0.0539. The SMILES string of the molecule is CCOC(=O)CN(c1cc(C)ccc1C)S(=O)(=O)c1ccc(OC)c(OC)c1. The van der Waals surface area contributed by atoms with Crippen LogP contribution in [0, 0.1) is 13.8 Å². The van der Waals surface area contributed by atoms with Gasteiger partial charge in [0.05, 0.1) is 31.4 Å². The summed E-state index contributed by atoms with van der Waals surface area (Å²) in [6, 6.07) is 9.72. The molecular weight excluding hydrogens is 382 g/mol. The lowest BCUT2D eigenvalue weighted by atomic mass is 10.1. The molecule has 152 valence electrons. The molecule has 0 aliphatic heterocycles. The highest BCUT2D eigenvalue weighted by Gasteiger charge is 2.29. The molecule has 2 aromatic carbocycles. The van der Waals surface area contributed by atoms with Crippen LogP contribution in [0.15, 0.2) is 41.3 Å². The second-order valence-corrected chi connectivity index (χ2v) is 7.99. The average Bonchev–Trinajstić information content (AvgIpc) is 2.67. The Kier molecular flexibility index (Phi) is 6.90. The second-order valence-electron chi connectivity index (χ2n) is 6.12. The van der Waals surface area contributed by atoms with Crippen molar-refractivity contribution < 1.29 is 27.4 Å². The fraction of sp³-hybridized carbons (Fsp3) is 0.350. The molecule has 2 rings (SSSR count).